The van der Waals surface area contributed by atoms with E-state index in [1.54, 1.807) is 6.07 Å². The van der Waals surface area contributed by atoms with Crippen molar-refractivity contribution in [2.45, 2.75) is 6.04 Å². The van der Waals surface area contributed by atoms with Crippen molar-refractivity contribution in [2.75, 3.05) is 32.8 Å². The standard InChI is InChI=1S/C12H16Cl2N2O/c13-10-2-1-9(7-11(10)14)12(8-17)16-5-3-15-4-6-16/h1-2,7,12,15,17H,3-6,8H2/t12-/m0/s1. The molecular formula is C12H16Cl2N2O. The van der Waals surface area contributed by atoms with Crippen LogP contribution >= 0.6 is 23.2 Å². The van der Waals surface area contributed by atoms with Crippen molar-refractivity contribution in [1.29, 1.82) is 0 Å². The molecule has 94 valence electrons. The van der Waals surface area contributed by atoms with Gasteiger partial charge in [-0.1, -0.05) is 29.3 Å². The predicted molar refractivity (Wildman–Crippen MR) is 70.7 cm³/mol. The summed E-state index contributed by atoms with van der Waals surface area (Å²) in [6.07, 6.45) is 0. The quantitative estimate of drug-likeness (QED) is 0.884. The first-order valence-electron chi connectivity index (χ1n) is 5.73. The molecule has 0 amide bonds. The summed E-state index contributed by atoms with van der Waals surface area (Å²) < 4.78 is 0. The van der Waals surface area contributed by atoms with Gasteiger partial charge in [0.05, 0.1) is 22.7 Å². The van der Waals surface area contributed by atoms with Crippen molar-refractivity contribution in [3.63, 3.8) is 0 Å². The fourth-order valence-corrected chi connectivity index (χ4v) is 2.45. The molecule has 1 fully saturated rings. The lowest BCUT2D eigenvalue weighted by Crippen LogP contribution is -2.46. The Balaban J connectivity index is 2.18. The number of nitrogens with zero attached hydrogens (tertiary/aromatic N) is 1. The molecular weight excluding hydrogens is 259 g/mol. The number of hydrogen-bond donors (Lipinski definition) is 2. The average molecular weight is 275 g/mol. The van der Waals surface area contributed by atoms with E-state index < -0.39 is 0 Å². The van der Waals surface area contributed by atoms with E-state index in [1.807, 2.05) is 12.1 Å². The molecule has 2 rings (SSSR count). The zero-order valence-electron chi connectivity index (χ0n) is 9.50. The van der Waals surface area contributed by atoms with Crippen LogP contribution in [0.2, 0.25) is 10.0 Å². The normalized spacial score (nSPS) is 19.2. The van der Waals surface area contributed by atoms with Crippen molar-refractivity contribution in [2.24, 2.45) is 0 Å². The number of benzene rings is 1. The Labute approximate surface area is 111 Å². The predicted octanol–water partition coefficient (Wildman–Crippen LogP) is 1.93. The molecule has 1 aromatic rings. The van der Waals surface area contributed by atoms with Crippen molar-refractivity contribution >= 4 is 23.2 Å². The summed E-state index contributed by atoms with van der Waals surface area (Å²) in [4.78, 5) is 2.26. The second-order valence-corrected chi connectivity index (χ2v) is 4.97. The summed E-state index contributed by atoms with van der Waals surface area (Å²) in [6, 6.07) is 5.56. The maximum atomic E-state index is 9.55. The Bertz CT molecular complexity index is 381. The first-order valence-corrected chi connectivity index (χ1v) is 6.48. The third kappa shape index (κ3) is 3.12. The number of nitrogens with one attached hydrogen (secondary N) is 1. The zero-order valence-corrected chi connectivity index (χ0v) is 11.0. The van der Waals surface area contributed by atoms with Gasteiger partial charge in [-0.25, -0.2) is 0 Å². The van der Waals surface area contributed by atoms with Gasteiger partial charge in [0, 0.05) is 26.2 Å². The molecule has 1 saturated heterocycles. The van der Waals surface area contributed by atoms with E-state index in [4.69, 9.17) is 23.2 Å². The van der Waals surface area contributed by atoms with Crippen LogP contribution in [0, 0.1) is 0 Å². The molecule has 1 aliphatic heterocycles. The summed E-state index contributed by atoms with van der Waals surface area (Å²) >= 11 is 11.9. The largest absolute Gasteiger partial charge is 0.394 e. The molecule has 0 unspecified atom stereocenters. The van der Waals surface area contributed by atoms with Crippen LogP contribution in [0.3, 0.4) is 0 Å². The minimum absolute atomic E-state index is 0.00636. The van der Waals surface area contributed by atoms with Crippen molar-refractivity contribution in [3.8, 4) is 0 Å². The molecule has 1 aliphatic rings. The first-order chi connectivity index (χ1) is 8.22. The average Bonchev–Trinajstić information content (AvgIpc) is 2.36. The van der Waals surface area contributed by atoms with Gasteiger partial charge in [0.15, 0.2) is 0 Å². The van der Waals surface area contributed by atoms with Crippen LogP contribution in [0.15, 0.2) is 18.2 Å². The van der Waals surface area contributed by atoms with Gasteiger partial charge in [-0.15, -0.1) is 0 Å². The summed E-state index contributed by atoms with van der Waals surface area (Å²) in [5.41, 5.74) is 1.02. The van der Waals surface area contributed by atoms with Gasteiger partial charge in [0.25, 0.3) is 0 Å². The molecule has 0 radical (unpaired) electrons. The van der Waals surface area contributed by atoms with Gasteiger partial charge in [-0.3, -0.25) is 4.90 Å². The molecule has 1 atom stereocenters. The van der Waals surface area contributed by atoms with Gasteiger partial charge in [0.2, 0.25) is 0 Å². The molecule has 2 N–H and O–H groups in total. The van der Waals surface area contributed by atoms with Crippen LogP contribution in [-0.4, -0.2) is 42.8 Å². The third-order valence-corrected chi connectivity index (χ3v) is 3.83. The Morgan fingerprint density at radius 3 is 2.53 bits per heavy atom. The van der Waals surface area contributed by atoms with E-state index >= 15 is 0 Å². The van der Waals surface area contributed by atoms with E-state index in [2.05, 4.69) is 10.2 Å². The van der Waals surface area contributed by atoms with Gasteiger partial charge < -0.3 is 10.4 Å². The topological polar surface area (TPSA) is 35.5 Å². The number of aliphatic hydroxyl groups excluding tert-OH is 1. The second-order valence-electron chi connectivity index (χ2n) is 4.16. The lowest BCUT2D eigenvalue weighted by atomic mass is 10.1. The lowest BCUT2D eigenvalue weighted by molar-refractivity contribution is 0.111. The van der Waals surface area contributed by atoms with E-state index in [0.717, 1.165) is 31.7 Å². The van der Waals surface area contributed by atoms with Gasteiger partial charge in [-0.2, -0.15) is 0 Å². The summed E-state index contributed by atoms with van der Waals surface area (Å²) in [6.45, 7) is 3.88. The van der Waals surface area contributed by atoms with E-state index in [-0.39, 0.29) is 12.6 Å². The molecule has 17 heavy (non-hydrogen) atoms. The Hall–Kier alpha value is -0.320. The molecule has 1 heterocycles. The minimum atomic E-state index is 0.00636. The van der Waals surface area contributed by atoms with Crippen LogP contribution in [0.25, 0.3) is 0 Å². The second kappa shape index (κ2) is 6.03. The highest BCUT2D eigenvalue weighted by atomic mass is 35.5. The van der Waals surface area contributed by atoms with E-state index in [0.29, 0.717) is 10.0 Å². The number of aliphatic hydroxyl groups is 1. The third-order valence-electron chi connectivity index (χ3n) is 3.09. The zero-order chi connectivity index (χ0) is 12.3. The fourth-order valence-electron chi connectivity index (χ4n) is 2.15. The maximum Gasteiger partial charge on any atom is 0.0628 e. The minimum Gasteiger partial charge on any atom is -0.394 e. The molecule has 0 aliphatic carbocycles. The van der Waals surface area contributed by atoms with Gasteiger partial charge in [-0.05, 0) is 17.7 Å². The molecule has 1 aromatic carbocycles. The monoisotopic (exact) mass is 274 g/mol. The van der Waals surface area contributed by atoms with Crippen molar-refractivity contribution in [1.82, 2.24) is 10.2 Å². The van der Waals surface area contributed by atoms with Gasteiger partial charge in [0.1, 0.15) is 0 Å². The number of halogens is 2. The fraction of sp³-hybridized carbons (Fsp3) is 0.500. The van der Waals surface area contributed by atoms with E-state index in [1.165, 1.54) is 0 Å². The Morgan fingerprint density at radius 1 is 1.24 bits per heavy atom. The molecule has 0 saturated carbocycles. The number of rotatable bonds is 3. The molecule has 0 aromatic heterocycles. The van der Waals surface area contributed by atoms with Gasteiger partial charge >= 0.3 is 0 Å². The highest BCUT2D eigenvalue weighted by Crippen LogP contribution is 2.28. The Kier molecular flexibility index (Phi) is 4.65. The Morgan fingerprint density at radius 2 is 1.94 bits per heavy atom. The molecule has 0 bridgehead atoms. The first kappa shape index (κ1) is 13.1. The summed E-state index contributed by atoms with van der Waals surface area (Å²) in [5.74, 6) is 0. The highest BCUT2D eigenvalue weighted by Gasteiger charge is 2.21. The summed E-state index contributed by atoms with van der Waals surface area (Å²) in [5, 5.41) is 13.9. The van der Waals surface area contributed by atoms with Crippen LogP contribution in [0.4, 0.5) is 0 Å². The van der Waals surface area contributed by atoms with Crippen LogP contribution < -0.4 is 5.32 Å². The number of piperazine rings is 1. The van der Waals surface area contributed by atoms with Crippen molar-refractivity contribution in [3.05, 3.63) is 33.8 Å². The maximum absolute atomic E-state index is 9.55. The van der Waals surface area contributed by atoms with Crippen molar-refractivity contribution < 1.29 is 5.11 Å². The molecule has 5 heteroatoms. The van der Waals surface area contributed by atoms with Crippen LogP contribution in [0.1, 0.15) is 11.6 Å². The molecule has 3 nitrogen and oxygen atoms in total. The van der Waals surface area contributed by atoms with Crippen LogP contribution in [0.5, 0.6) is 0 Å². The highest BCUT2D eigenvalue weighted by molar-refractivity contribution is 6.42. The summed E-state index contributed by atoms with van der Waals surface area (Å²) in [7, 11) is 0. The van der Waals surface area contributed by atoms with Crippen LogP contribution in [-0.2, 0) is 0 Å². The SMILES string of the molecule is OC[C@@H](c1ccc(Cl)c(Cl)c1)N1CCNCC1. The number of hydrogen-bond acceptors (Lipinski definition) is 3. The molecule has 0 spiro atoms. The lowest BCUT2D eigenvalue weighted by Gasteiger charge is -2.34. The van der Waals surface area contributed by atoms with E-state index in [9.17, 15) is 5.11 Å². The smallest absolute Gasteiger partial charge is 0.0628 e.